The summed E-state index contributed by atoms with van der Waals surface area (Å²) in [7, 11) is 0. The molecule has 0 aromatic rings. The molecule has 0 radical (unpaired) electrons. The Morgan fingerprint density at radius 3 is 2.42 bits per heavy atom. The van der Waals surface area contributed by atoms with E-state index in [0.717, 1.165) is 3.73 Å². The molecule has 1 aliphatic heterocycles. The molecule has 1 heterocycles. The number of nitrogens with zero attached hydrogens (tertiary/aromatic N) is 2. The topological polar surface area (TPSA) is 41.8 Å². The van der Waals surface area contributed by atoms with Crippen LogP contribution in [0.5, 0.6) is 0 Å². The molecule has 0 aromatic heterocycles. The van der Waals surface area contributed by atoms with Gasteiger partial charge in [-0.3, -0.25) is 0 Å². The number of aliphatic imine (C=N–C) groups is 2. The van der Waals surface area contributed by atoms with Crippen LogP contribution in [-0.2, 0) is 4.79 Å². The standard InChI is InChI=1S/C5H5N2O.3CH3.Sn/c1-4-5(8)7-3-2-6-4;;;;/h2,4H,1H3;3*1H3;. The average Bonchev–Trinajstić information content (AvgIpc) is 1.92. The molecule has 0 aromatic carbocycles. The first-order chi connectivity index (χ1) is 5.41. The molecule has 66 valence electrons. The Balaban J connectivity index is 2.91. The third-order valence-electron chi connectivity index (χ3n) is 1.78. The molecular formula is C8H14N2OSn. The van der Waals surface area contributed by atoms with Crippen molar-refractivity contribution in [2.75, 3.05) is 0 Å². The molecule has 0 aliphatic carbocycles. The average molecular weight is 273 g/mol. The summed E-state index contributed by atoms with van der Waals surface area (Å²) in [5.41, 5.74) is 0. The first-order valence-electron chi connectivity index (χ1n) is 4.07. The molecule has 1 atom stereocenters. The molecule has 0 spiro atoms. The van der Waals surface area contributed by atoms with Crippen molar-refractivity contribution in [2.24, 2.45) is 9.98 Å². The van der Waals surface area contributed by atoms with Crippen molar-refractivity contribution in [3.8, 4) is 0 Å². The van der Waals surface area contributed by atoms with Gasteiger partial charge >= 0.3 is 76.8 Å². The van der Waals surface area contributed by atoms with Gasteiger partial charge in [-0.15, -0.1) is 0 Å². The Bertz CT molecular complexity index is 263. The number of hydrogen-bond donors (Lipinski definition) is 0. The molecule has 0 saturated heterocycles. The molecule has 0 fully saturated rings. The van der Waals surface area contributed by atoms with E-state index >= 15 is 0 Å². The molecule has 1 unspecified atom stereocenters. The van der Waals surface area contributed by atoms with Crippen molar-refractivity contribution in [3.05, 3.63) is 0 Å². The van der Waals surface area contributed by atoms with Crippen molar-refractivity contribution >= 4 is 34.2 Å². The first-order valence-corrected chi connectivity index (χ1v) is 14.1. The molecule has 1 aliphatic rings. The predicted molar refractivity (Wildman–Crippen MR) is 53.7 cm³/mol. The minimum absolute atomic E-state index is 0.0841. The van der Waals surface area contributed by atoms with E-state index in [0.29, 0.717) is 0 Å². The van der Waals surface area contributed by atoms with Crippen LogP contribution in [0.15, 0.2) is 9.98 Å². The van der Waals surface area contributed by atoms with Crippen LogP contribution >= 0.6 is 0 Å². The van der Waals surface area contributed by atoms with Gasteiger partial charge in [-0.1, -0.05) is 0 Å². The molecule has 12 heavy (non-hydrogen) atoms. The van der Waals surface area contributed by atoms with E-state index in [1.165, 1.54) is 0 Å². The van der Waals surface area contributed by atoms with Gasteiger partial charge in [0.15, 0.2) is 0 Å². The maximum absolute atomic E-state index is 11.2. The Morgan fingerprint density at radius 2 is 2.00 bits per heavy atom. The van der Waals surface area contributed by atoms with Crippen LogP contribution < -0.4 is 0 Å². The molecule has 3 nitrogen and oxygen atoms in total. The number of amides is 1. The van der Waals surface area contributed by atoms with E-state index in [1.54, 1.807) is 13.1 Å². The van der Waals surface area contributed by atoms with Gasteiger partial charge in [-0.05, 0) is 0 Å². The molecule has 0 saturated carbocycles. The van der Waals surface area contributed by atoms with E-state index in [-0.39, 0.29) is 11.9 Å². The van der Waals surface area contributed by atoms with Crippen LogP contribution in [-0.4, -0.2) is 40.3 Å². The van der Waals surface area contributed by atoms with Crippen LogP contribution in [0, 0.1) is 0 Å². The molecule has 0 bridgehead atoms. The van der Waals surface area contributed by atoms with Gasteiger partial charge in [0, 0.05) is 0 Å². The van der Waals surface area contributed by atoms with Gasteiger partial charge in [-0.25, -0.2) is 0 Å². The van der Waals surface area contributed by atoms with E-state index < -0.39 is 18.4 Å². The molecular weight excluding hydrogens is 259 g/mol. The molecule has 0 N–H and O–H groups in total. The first kappa shape index (κ1) is 9.89. The summed E-state index contributed by atoms with van der Waals surface area (Å²) < 4.78 is 0.979. The Hall–Kier alpha value is -0.191. The van der Waals surface area contributed by atoms with Crippen molar-refractivity contribution in [2.45, 2.75) is 27.8 Å². The SMILES string of the molecule is CC1N=C[C]([Sn]([CH3])([CH3])[CH3])=NC1=O. The van der Waals surface area contributed by atoms with Crippen LogP contribution in [0.2, 0.25) is 14.8 Å². The molecule has 1 rings (SSSR count). The number of hydrogen-bond acceptors (Lipinski definition) is 2. The summed E-state index contributed by atoms with van der Waals surface area (Å²) >= 11 is -2.15. The quantitative estimate of drug-likeness (QED) is 0.664. The summed E-state index contributed by atoms with van der Waals surface area (Å²) in [5, 5.41) is 0. The van der Waals surface area contributed by atoms with Gasteiger partial charge in [0.1, 0.15) is 0 Å². The van der Waals surface area contributed by atoms with Crippen molar-refractivity contribution in [1.82, 2.24) is 0 Å². The van der Waals surface area contributed by atoms with Crippen LogP contribution in [0.4, 0.5) is 0 Å². The van der Waals surface area contributed by atoms with Gasteiger partial charge in [0.05, 0.1) is 0 Å². The minimum atomic E-state index is -2.15. The number of rotatable bonds is 1. The normalized spacial score (nSPS) is 24.2. The predicted octanol–water partition coefficient (Wildman–Crippen LogP) is 1.30. The van der Waals surface area contributed by atoms with Crippen LogP contribution in [0.25, 0.3) is 0 Å². The fraction of sp³-hybridized carbons (Fsp3) is 0.625. The third-order valence-corrected chi connectivity index (χ3v) is 6.85. The zero-order chi connectivity index (χ0) is 9.35. The molecule has 1 amide bonds. The van der Waals surface area contributed by atoms with Gasteiger partial charge in [-0.2, -0.15) is 0 Å². The van der Waals surface area contributed by atoms with E-state index in [9.17, 15) is 4.79 Å². The van der Waals surface area contributed by atoms with Crippen molar-refractivity contribution < 1.29 is 4.79 Å². The molecule has 4 heteroatoms. The fourth-order valence-electron chi connectivity index (χ4n) is 0.849. The summed E-state index contributed by atoms with van der Waals surface area (Å²) in [5.74, 6) is -0.0841. The summed E-state index contributed by atoms with van der Waals surface area (Å²) in [6, 6.07) is -0.262. The Labute approximate surface area is 76.9 Å². The summed E-state index contributed by atoms with van der Waals surface area (Å²) in [6.07, 6.45) is 1.79. The van der Waals surface area contributed by atoms with E-state index in [2.05, 4.69) is 24.8 Å². The van der Waals surface area contributed by atoms with E-state index in [1.807, 2.05) is 0 Å². The number of carbonyl (C=O) groups excluding carboxylic acids is 1. The van der Waals surface area contributed by atoms with Crippen molar-refractivity contribution in [3.63, 3.8) is 0 Å². The third kappa shape index (κ3) is 2.15. The fourth-order valence-corrected chi connectivity index (χ4v) is 3.44. The van der Waals surface area contributed by atoms with Gasteiger partial charge in [0.2, 0.25) is 0 Å². The zero-order valence-corrected chi connectivity index (χ0v) is 10.8. The maximum atomic E-state index is 11.2. The summed E-state index contributed by atoms with van der Waals surface area (Å²) in [4.78, 5) is 26.0. The van der Waals surface area contributed by atoms with Crippen LogP contribution in [0.1, 0.15) is 6.92 Å². The number of carbonyl (C=O) groups is 1. The Morgan fingerprint density at radius 1 is 1.42 bits per heavy atom. The van der Waals surface area contributed by atoms with E-state index in [4.69, 9.17) is 0 Å². The van der Waals surface area contributed by atoms with Gasteiger partial charge in [0.25, 0.3) is 0 Å². The second-order valence-corrected chi connectivity index (χ2v) is 18.3. The summed E-state index contributed by atoms with van der Waals surface area (Å²) in [6.45, 7) is 1.78. The monoisotopic (exact) mass is 274 g/mol. The van der Waals surface area contributed by atoms with Crippen molar-refractivity contribution in [1.29, 1.82) is 0 Å². The van der Waals surface area contributed by atoms with Crippen LogP contribution in [0.3, 0.4) is 0 Å². The zero-order valence-electron chi connectivity index (χ0n) is 7.96. The second-order valence-electron chi connectivity index (χ2n) is 4.04. The van der Waals surface area contributed by atoms with Gasteiger partial charge < -0.3 is 0 Å². The second kappa shape index (κ2) is 3.28. The Kier molecular flexibility index (Phi) is 2.70.